The first-order chi connectivity index (χ1) is 7.00. The minimum absolute atomic E-state index is 0.321. The molecule has 0 bridgehead atoms. The molecule has 0 fully saturated rings. The molecule has 0 radical (unpaired) electrons. The zero-order chi connectivity index (χ0) is 11.4. The molecular weight excluding hydrogens is 212 g/mol. The third kappa shape index (κ3) is 3.73. The van der Waals surface area contributed by atoms with Gasteiger partial charge in [-0.1, -0.05) is 11.6 Å². The average Bonchev–Trinajstić information content (AvgIpc) is 2.08. The highest BCUT2D eigenvalue weighted by Gasteiger charge is 2.06. The molecule has 1 aromatic carbocycles. The molecular formula is C12H17ClO2. The van der Waals surface area contributed by atoms with Gasteiger partial charge in [-0.05, 0) is 44.0 Å². The topological polar surface area (TPSA) is 29.5 Å². The summed E-state index contributed by atoms with van der Waals surface area (Å²) >= 11 is 5.91. The fourth-order valence-corrected chi connectivity index (χ4v) is 1.78. The SMILES string of the molecule is Cc1cc(Cl)cc(C)c1OCCC(C)O. The summed E-state index contributed by atoms with van der Waals surface area (Å²) in [5.41, 5.74) is 2.07. The first kappa shape index (κ1) is 12.3. The zero-order valence-electron chi connectivity index (χ0n) is 9.38. The van der Waals surface area contributed by atoms with Crippen molar-refractivity contribution in [3.8, 4) is 5.75 Å². The van der Waals surface area contributed by atoms with E-state index in [4.69, 9.17) is 21.4 Å². The number of aryl methyl sites for hydroxylation is 2. The summed E-state index contributed by atoms with van der Waals surface area (Å²) < 4.78 is 5.61. The Bertz CT molecular complexity index is 311. The first-order valence-electron chi connectivity index (χ1n) is 5.08. The number of aliphatic hydroxyl groups is 1. The number of halogens is 1. The Morgan fingerprint density at radius 1 is 1.33 bits per heavy atom. The Morgan fingerprint density at radius 2 is 1.87 bits per heavy atom. The van der Waals surface area contributed by atoms with Crippen LogP contribution < -0.4 is 4.74 Å². The molecule has 2 nitrogen and oxygen atoms in total. The maximum absolute atomic E-state index is 9.11. The summed E-state index contributed by atoms with van der Waals surface area (Å²) in [5.74, 6) is 0.875. The normalized spacial score (nSPS) is 12.6. The lowest BCUT2D eigenvalue weighted by Gasteiger charge is -2.13. The van der Waals surface area contributed by atoms with Gasteiger partial charge in [0.2, 0.25) is 0 Å². The van der Waals surface area contributed by atoms with Gasteiger partial charge in [0.15, 0.2) is 0 Å². The van der Waals surface area contributed by atoms with Crippen LogP contribution in [0.5, 0.6) is 5.75 Å². The molecule has 0 amide bonds. The molecule has 1 N–H and O–H groups in total. The van der Waals surface area contributed by atoms with Gasteiger partial charge in [-0.2, -0.15) is 0 Å². The third-order valence-electron chi connectivity index (χ3n) is 2.21. The molecule has 0 aliphatic carbocycles. The van der Waals surface area contributed by atoms with Crippen molar-refractivity contribution in [2.24, 2.45) is 0 Å². The number of rotatable bonds is 4. The number of aliphatic hydroxyl groups excluding tert-OH is 1. The Balaban J connectivity index is 2.68. The molecule has 0 saturated carbocycles. The molecule has 1 aromatic rings. The summed E-state index contributed by atoms with van der Waals surface area (Å²) in [6.45, 7) is 6.22. The average molecular weight is 229 g/mol. The number of hydrogen-bond donors (Lipinski definition) is 1. The van der Waals surface area contributed by atoms with Gasteiger partial charge in [0.05, 0.1) is 12.7 Å². The first-order valence-corrected chi connectivity index (χ1v) is 5.46. The largest absolute Gasteiger partial charge is 0.493 e. The van der Waals surface area contributed by atoms with Crippen LogP contribution in [0.15, 0.2) is 12.1 Å². The highest BCUT2D eigenvalue weighted by atomic mass is 35.5. The van der Waals surface area contributed by atoms with Crippen molar-refractivity contribution < 1.29 is 9.84 Å². The van der Waals surface area contributed by atoms with Gasteiger partial charge in [0.1, 0.15) is 5.75 Å². The fraction of sp³-hybridized carbons (Fsp3) is 0.500. The van der Waals surface area contributed by atoms with Gasteiger partial charge in [-0.15, -0.1) is 0 Å². The number of benzene rings is 1. The maximum Gasteiger partial charge on any atom is 0.125 e. The predicted octanol–water partition coefficient (Wildman–Crippen LogP) is 3.11. The van der Waals surface area contributed by atoms with Crippen molar-refractivity contribution in [3.05, 3.63) is 28.3 Å². The van der Waals surface area contributed by atoms with Crippen molar-refractivity contribution in [1.82, 2.24) is 0 Å². The van der Waals surface area contributed by atoms with E-state index in [2.05, 4.69) is 0 Å². The second-order valence-corrected chi connectivity index (χ2v) is 4.29. The van der Waals surface area contributed by atoms with Gasteiger partial charge < -0.3 is 9.84 Å². The van der Waals surface area contributed by atoms with Crippen LogP contribution >= 0.6 is 11.6 Å². The smallest absolute Gasteiger partial charge is 0.125 e. The third-order valence-corrected chi connectivity index (χ3v) is 2.43. The maximum atomic E-state index is 9.11. The van der Waals surface area contributed by atoms with Crippen molar-refractivity contribution in [2.75, 3.05) is 6.61 Å². The van der Waals surface area contributed by atoms with Crippen molar-refractivity contribution in [2.45, 2.75) is 33.3 Å². The highest BCUT2D eigenvalue weighted by molar-refractivity contribution is 6.30. The Kier molecular flexibility index (Phi) is 4.43. The standard InChI is InChI=1S/C12H17ClO2/c1-8-6-11(13)7-9(2)12(8)15-5-4-10(3)14/h6-7,10,14H,4-5H2,1-3H3. The van der Waals surface area contributed by atoms with Crippen LogP contribution in [0.4, 0.5) is 0 Å². The molecule has 1 unspecified atom stereocenters. The number of hydrogen-bond acceptors (Lipinski definition) is 2. The van der Waals surface area contributed by atoms with Crippen LogP contribution in [-0.2, 0) is 0 Å². The summed E-state index contributed by atoms with van der Waals surface area (Å²) in [7, 11) is 0. The second-order valence-electron chi connectivity index (χ2n) is 3.85. The van der Waals surface area contributed by atoms with Crippen LogP contribution in [0.3, 0.4) is 0 Å². The lowest BCUT2D eigenvalue weighted by atomic mass is 10.1. The quantitative estimate of drug-likeness (QED) is 0.858. The molecule has 0 aliphatic rings. The van der Waals surface area contributed by atoms with E-state index in [9.17, 15) is 0 Å². The van der Waals surface area contributed by atoms with Gasteiger partial charge in [0, 0.05) is 11.4 Å². The van der Waals surface area contributed by atoms with E-state index in [1.54, 1.807) is 6.92 Å². The van der Waals surface area contributed by atoms with E-state index >= 15 is 0 Å². The highest BCUT2D eigenvalue weighted by Crippen LogP contribution is 2.27. The molecule has 84 valence electrons. The Morgan fingerprint density at radius 3 is 2.33 bits per heavy atom. The van der Waals surface area contributed by atoms with E-state index in [0.29, 0.717) is 13.0 Å². The summed E-state index contributed by atoms with van der Waals surface area (Å²) in [4.78, 5) is 0. The zero-order valence-corrected chi connectivity index (χ0v) is 10.1. The van der Waals surface area contributed by atoms with Crippen molar-refractivity contribution in [3.63, 3.8) is 0 Å². The van der Waals surface area contributed by atoms with Crippen molar-refractivity contribution in [1.29, 1.82) is 0 Å². The number of ether oxygens (including phenoxy) is 1. The summed E-state index contributed by atoms with van der Waals surface area (Å²) in [6, 6.07) is 3.76. The molecule has 3 heteroatoms. The fourth-order valence-electron chi connectivity index (χ4n) is 1.46. The molecule has 1 atom stereocenters. The molecule has 0 aromatic heterocycles. The predicted molar refractivity (Wildman–Crippen MR) is 62.7 cm³/mol. The summed E-state index contributed by atoms with van der Waals surface area (Å²) in [5, 5.41) is 9.84. The lowest BCUT2D eigenvalue weighted by molar-refractivity contribution is 0.155. The monoisotopic (exact) mass is 228 g/mol. The molecule has 0 saturated heterocycles. The molecule has 15 heavy (non-hydrogen) atoms. The van der Waals surface area contributed by atoms with Crippen LogP contribution in [0.2, 0.25) is 5.02 Å². The van der Waals surface area contributed by atoms with Crippen LogP contribution in [0, 0.1) is 13.8 Å². The van der Waals surface area contributed by atoms with Crippen molar-refractivity contribution >= 4 is 11.6 Å². The second kappa shape index (κ2) is 5.38. The van der Waals surface area contributed by atoms with Crippen LogP contribution in [-0.4, -0.2) is 17.8 Å². The lowest BCUT2D eigenvalue weighted by Crippen LogP contribution is -2.08. The minimum Gasteiger partial charge on any atom is -0.493 e. The van der Waals surface area contributed by atoms with Gasteiger partial charge in [-0.3, -0.25) is 0 Å². The van der Waals surface area contributed by atoms with Gasteiger partial charge >= 0.3 is 0 Å². The van der Waals surface area contributed by atoms with E-state index in [1.165, 1.54) is 0 Å². The Labute approximate surface area is 95.8 Å². The van der Waals surface area contributed by atoms with Gasteiger partial charge in [-0.25, -0.2) is 0 Å². The molecule has 0 heterocycles. The summed E-state index contributed by atoms with van der Waals surface area (Å²) in [6.07, 6.45) is 0.319. The molecule has 1 rings (SSSR count). The van der Waals surface area contributed by atoms with E-state index in [0.717, 1.165) is 21.9 Å². The van der Waals surface area contributed by atoms with Crippen LogP contribution in [0.25, 0.3) is 0 Å². The van der Waals surface area contributed by atoms with E-state index < -0.39 is 0 Å². The molecule has 0 spiro atoms. The van der Waals surface area contributed by atoms with Gasteiger partial charge in [0.25, 0.3) is 0 Å². The van der Waals surface area contributed by atoms with E-state index in [1.807, 2.05) is 26.0 Å². The minimum atomic E-state index is -0.321. The van der Waals surface area contributed by atoms with E-state index in [-0.39, 0.29) is 6.10 Å². The molecule has 0 aliphatic heterocycles. The van der Waals surface area contributed by atoms with Crippen LogP contribution in [0.1, 0.15) is 24.5 Å². The Hall–Kier alpha value is -0.730.